The molecule has 6 aromatic rings. The van der Waals surface area contributed by atoms with Crippen molar-refractivity contribution in [1.82, 2.24) is 24.1 Å². The molecular formula is C31H28N8O. The summed E-state index contributed by atoms with van der Waals surface area (Å²) in [5, 5.41) is 11.2. The highest BCUT2D eigenvalue weighted by Crippen LogP contribution is 2.34. The first-order valence-electron chi connectivity index (χ1n) is 12.8. The second-order valence-electron chi connectivity index (χ2n) is 9.65. The molecular weight excluding hydrogens is 500 g/mol. The van der Waals surface area contributed by atoms with Crippen LogP contribution in [0.25, 0.3) is 28.2 Å². The zero-order valence-corrected chi connectivity index (χ0v) is 22.4. The van der Waals surface area contributed by atoms with Gasteiger partial charge < -0.3 is 15.5 Å². The first-order valence-corrected chi connectivity index (χ1v) is 12.8. The molecule has 0 bridgehead atoms. The number of amides is 1. The molecule has 0 saturated carbocycles. The minimum Gasteiger partial charge on any atom is -0.378 e. The van der Waals surface area contributed by atoms with Gasteiger partial charge in [-0.1, -0.05) is 36.4 Å². The third-order valence-electron chi connectivity index (χ3n) is 6.59. The lowest BCUT2D eigenvalue weighted by molar-refractivity contribution is 0.102. The lowest BCUT2D eigenvalue weighted by atomic mass is 10.1. The number of nitrogens with zero attached hydrogens (tertiary/aromatic N) is 6. The number of fused-ring (bicyclic) bond motifs is 1. The van der Waals surface area contributed by atoms with Crippen LogP contribution in [-0.2, 0) is 7.05 Å². The first-order chi connectivity index (χ1) is 19.5. The van der Waals surface area contributed by atoms with Crippen LogP contribution in [0, 0.1) is 0 Å². The maximum Gasteiger partial charge on any atom is 0.255 e. The summed E-state index contributed by atoms with van der Waals surface area (Å²) in [4.78, 5) is 24.1. The first kappa shape index (κ1) is 24.9. The van der Waals surface area contributed by atoms with E-state index in [1.54, 1.807) is 23.0 Å². The predicted octanol–water partition coefficient (Wildman–Crippen LogP) is 5.86. The largest absolute Gasteiger partial charge is 0.378 e. The molecule has 9 heteroatoms. The van der Waals surface area contributed by atoms with Crippen molar-refractivity contribution in [3.63, 3.8) is 0 Å². The minimum absolute atomic E-state index is 0.163. The second kappa shape index (κ2) is 10.4. The quantitative estimate of drug-likeness (QED) is 0.270. The number of aryl methyl sites for hydroxylation is 1. The van der Waals surface area contributed by atoms with Crippen LogP contribution in [-0.4, -0.2) is 44.2 Å². The summed E-state index contributed by atoms with van der Waals surface area (Å²) in [6.07, 6.45) is 7.46. The third kappa shape index (κ3) is 4.88. The number of hydrogen-bond acceptors (Lipinski definition) is 6. The molecule has 3 aromatic heterocycles. The topological polar surface area (TPSA) is 92.4 Å². The van der Waals surface area contributed by atoms with Crippen molar-refractivity contribution in [3.8, 4) is 22.5 Å². The standard InChI is InChI=1S/C31H28N8O/c1-37(2)25-14-8-13-24(18-25)34-29-30-33-19-27(39(30)16-15-32-29)26-20-38(3)36-28(26)22-11-7-12-23(17-22)35-31(40)21-9-5-4-6-10-21/h4-20H,1-3H3,(H,32,34)(H,35,40). The van der Waals surface area contributed by atoms with E-state index in [1.807, 2.05) is 98.7 Å². The Bertz CT molecular complexity index is 1820. The van der Waals surface area contributed by atoms with Crippen LogP contribution < -0.4 is 15.5 Å². The molecule has 0 spiro atoms. The predicted molar refractivity (Wildman–Crippen MR) is 159 cm³/mol. The van der Waals surface area contributed by atoms with Crippen molar-refractivity contribution in [2.45, 2.75) is 0 Å². The van der Waals surface area contributed by atoms with E-state index in [4.69, 9.17) is 10.1 Å². The van der Waals surface area contributed by atoms with Crippen LogP contribution in [0.5, 0.6) is 0 Å². The maximum atomic E-state index is 12.7. The van der Waals surface area contributed by atoms with Gasteiger partial charge in [0.05, 0.1) is 11.9 Å². The number of carbonyl (C=O) groups excluding carboxylic acids is 1. The molecule has 6 rings (SSSR count). The Balaban J connectivity index is 1.34. The van der Waals surface area contributed by atoms with Gasteiger partial charge in [-0.15, -0.1) is 0 Å². The van der Waals surface area contributed by atoms with Crippen molar-refractivity contribution < 1.29 is 4.79 Å². The molecule has 0 aliphatic heterocycles. The Morgan fingerprint density at radius 1 is 0.900 bits per heavy atom. The normalized spacial score (nSPS) is 11.0. The molecule has 198 valence electrons. The Hall–Kier alpha value is -5.44. The van der Waals surface area contributed by atoms with Gasteiger partial charge in [0.15, 0.2) is 11.5 Å². The SMILES string of the molecule is CN(C)c1cccc(Nc2nccn3c(-c4cn(C)nc4-c4cccc(NC(=O)c5ccccc5)c4)cnc23)c1. The van der Waals surface area contributed by atoms with Crippen LogP contribution in [0.3, 0.4) is 0 Å². The average Bonchev–Trinajstić information content (AvgIpc) is 3.58. The molecule has 0 aliphatic rings. The summed E-state index contributed by atoms with van der Waals surface area (Å²) in [6, 6.07) is 25.0. The van der Waals surface area contributed by atoms with Gasteiger partial charge >= 0.3 is 0 Å². The third-order valence-corrected chi connectivity index (χ3v) is 6.59. The zero-order chi connectivity index (χ0) is 27.6. The minimum atomic E-state index is -0.163. The lowest BCUT2D eigenvalue weighted by Gasteiger charge is -2.14. The van der Waals surface area contributed by atoms with Gasteiger partial charge in [-0.05, 0) is 42.5 Å². The van der Waals surface area contributed by atoms with Crippen molar-refractivity contribution >= 4 is 34.4 Å². The van der Waals surface area contributed by atoms with E-state index in [9.17, 15) is 4.79 Å². The summed E-state index contributed by atoms with van der Waals surface area (Å²) in [5.74, 6) is 0.491. The highest BCUT2D eigenvalue weighted by Gasteiger charge is 2.18. The molecule has 3 aromatic carbocycles. The Morgan fingerprint density at radius 2 is 1.70 bits per heavy atom. The molecule has 3 heterocycles. The number of benzene rings is 3. The Morgan fingerprint density at radius 3 is 2.52 bits per heavy atom. The smallest absolute Gasteiger partial charge is 0.255 e. The zero-order valence-electron chi connectivity index (χ0n) is 22.4. The molecule has 0 saturated heterocycles. The molecule has 0 unspecified atom stereocenters. The Labute approximate surface area is 231 Å². The fraction of sp³-hybridized carbons (Fsp3) is 0.0968. The van der Waals surface area contributed by atoms with E-state index in [1.165, 1.54) is 0 Å². The van der Waals surface area contributed by atoms with Crippen LogP contribution in [0.2, 0.25) is 0 Å². The second-order valence-corrected chi connectivity index (χ2v) is 9.65. The highest BCUT2D eigenvalue weighted by molar-refractivity contribution is 6.04. The van der Waals surface area contributed by atoms with E-state index >= 15 is 0 Å². The average molecular weight is 529 g/mol. The number of anilines is 4. The van der Waals surface area contributed by atoms with E-state index in [0.717, 1.165) is 33.9 Å². The molecule has 40 heavy (non-hydrogen) atoms. The summed E-state index contributed by atoms with van der Waals surface area (Å²) in [6.45, 7) is 0. The number of rotatable bonds is 7. The molecule has 2 N–H and O–H groups in total. The fourth-order valence-electron chi connectivity index (χ4n) is 4.63. The lowest BCUT2D eigenvalue weighted by Crippen LogP contribution is -2.11. The van der Waals surface area contributed by atoms with Gasteiger partial charge in [0.2, 0.25) is 0 Å². The van der Waals surface area contributed by atoms with Crippen molar-refractivity contribution in [2.24, 2.45) is 7.05 Å². The number of aromatic nitrogens is 5. The summed E-state index contributed by atoms with van der Waals surface area (Å²) < 4.78 is 3.79. The molecule has 9 nitrogen and oxygen atoms in total. The van der Waals surface area contributed by atoms with Crippen LogP contribution >= 0.6 is 0 Å². The number of hydrogen-bond donors (Lipinski definition) is 2. The van der Waals surface area contributed by atoms with Crippen LogP contribution in [0.1, 0.15) is 10.4 Å². The van der Waals surface area contributed by atoms with E-state index in [2.05, 4.69) is 32.7 Å². The van der Waals surface area contributed by atoms with Crippen molar-refractivity contribution in [2.75, 3.05) is 29.6 Å². The number of carbonyl (C=O) groups is 1. The Kier molecular flexibility index (Phi) is 6.45. The van der Waals surface area contributed by atoms with Crippen molar-refractivity contribution in [3.05, 3.63) is 109 Å². The van der Waals surface area contributed by atoms with Gasteiger partial charge in [-0.25, -0.2) is 9.97 Å². The van der Waals surface area contributed by atoms with Crippen molar-refractivity contribution in [1.29, 1.82) is 0 Å². The molecule has 0 atom stereocenters. The van der Waals surface area contributed by atoms with E-state index < -0.39 is 0 Å². The fourth-order valence-corrected chi connectivity index (χ4v) is 4.63. The maximum absolute atomic E-state index is 12.7. The van der Waals surface area contributed by atoms with E-state index in [0.29, 0.717) is 22.7 Å². The van der Waals surface area contributed by atoms with Crippen LogP contribution in [0.4, 0.5) is 22.9 Å². The van der Waals surface area contributed by atoms with Gasteiger partial charge in [-0.2, -0.15) is 5.10 Å². The molecule has 1 amide bonds. The van der Waals surface area contributed by atoms with Gasteiger partial charge in [0, 0.05) is 73.5 Å². The number of nitrogens with one attached hydrogen (secondary N) is 2. The summed E-state index contributed by atoms with van der Waals surface area (Å²) in [7, 11) is 5.91. The monoisotopic (exact) mass is 528 g/mol. The molecule has 0 fully saturated rings. The van der Waals surface area contributed by atoms with Gasteiger partial charge in [-0.3, -0.25) is 13.9 Å². The van der Waals surface area contributed by atoms with Gasteiger partial charge in [0.25, 0.3) is 5.91 Å². The molecule has 0 radical (unpaired) electrons. The highest BCUT2D eigenvalue weighted by atomic mass is 16.1. The van der Waals surface area contributed by atoms with Crippen LogP contribution in [0.15, 0.2) is 104 Å². The van der Waals surface area contributed by atoms with E-state index in [-0.39, 0.29) is 5.91 Å². The molecule has 0 aliphatic carbocycles. The number of imidazole rings is 1. The summed E-state index contributed by atoms with van der Waals surface area (Å²) >= 11 is 0. The van der Waals surface area contributed by atoms with Gasteiger partial charge in [0.1, 0.15) is 5.69 Å². The summed E-state index contributed by atoms with van der Waals surface area (Å²) in [5.41, 5.74) is 7.45.